The van der Waals surface area contributed by atoms with Crippen LogP contribution in [-0.2, 0) is 16.1 Å². The standard InChI is InChI=1S/C22H27N3O2/c1-19(26)24-16-14-23(15-17-24)13-12-22(27)25(21-10-6-3-7-11-21)18-20-8-4-2-5-9-20/h2-11H,12-18H2,1H3. The topological polar surface area (TPSA) is 43.9 Å². The number of benzene rings is 2. The molecule has 1 fully saturated rings. The highest BCUT2D eigenvalue weighted by Crippen LogP contribution is 2.18. The van der Waals surface area contributed by atoms with Crippen molar-refractivity contribution in [1.29, 1.82) is 0 Å². The molecule has 0 bridgehead atoms. The average Bonchev–Trinajstić information content (AvgIpc) is 2.72. The summed E-state index contributed by atoms with van der Waals surface area (Å²) >= 11 is 0. The number of hydrogen-bond acceptors (Lipinski definition) is 3. The molecule has 3 rings (SSSR count). The zero-order valence-electron chi connectivity index (χ0n) is 15.9. The largest absolute Gasteiger partial charge is 0.340 e. The van der Waals surface area contributed by atoms with E-state index in [9.17, 15) is 9.59 Å². The SMILES string of the molecule is CC(=O)N1CCN(CCC(=O)N(Cc2ccccc2)c2ccccc2)CC1. The minimum Gasteiger partial charge on any atom is -0.340 e. The second-order valence-corrected chi connectivity index (χ2v) is 6.90. The van der Waals surface area contributed by atoms with Crippen molar-refractivity contribution in [2.75, 3.05) is 37.6 Å². The van der Waals surface area contributed by atoms with Gasteiger partial charge in [0.1, 0.15) is 0 Å². The first-order valence-corrected chi connectivity index (χ1v) is 9.50. The zero-order valence-corrected chi connectivity index (χ0v) is 15.9. The van der Waals surface area contributed by atoms with Crippen molar-refractivity contribution in [1.82, 2.24) is 9.80 Å². The molecule has 1 aliphatic rings. The van der Waals surface area contributed by atoms with Crippen LogP contribution in [0.15, 0.2) is 60.7 Å². The van der Waals surface area contributed by atoms with Gasteiger partial charge in [0.2, 0.25) is 11.8 Å². The van der Waals surface area contributed by atoms with Crippen LogP contribution in [0.2, 0.25) is 0 Å². The Morgan fingerprint density at radius 3 is 2.07 bits per heavy atom. The van der Waals surface area contributed by atoms with Crippen LogP contribution in [0.5, 0.6) is 0 Å². The first kappa shape index (κ1) is 19.1. The monoisotopic (exact) mass is 365 g/mol. The van der Waals surface area contributed by atoms with E-state index in [1.807, 2.05) is 70.5 Å². The van der Waals surface area contributed by atoms with E-state index in [0.717, 1.165) is 44.0 Å². The van der Waals surface area contributed by atoms with E-state index in [-0.39, 0.29) is 11.8 Å². The number of carbonyl (C=O) groups is 2. The van der Waals surface area contributed by atoms with Gasteiger partial charge in [-0.25, -0.2) is 0 Å². The number of nitrogens with zero attached hydrogens (tertiary/aromatic N) is 3. The van der Waals surface area contributed by atoms with E-state index in [0.29, 0.717) is 13.0 Å². The summed E-state index contributed by atoms with van der Waals surface area (Å²) in [7, 11) is 0. The van der Waals surface area contributed by atoms with Crippen LogP contribution >= 0.6 is 0 Å². The molecular weight excluding hydrogens is 338 g/mol. The summed E-state index contributed by atoms with van der Waals surface area (Å²) in [6.45, 7) is 6.06. The molecule has 2 aromatic rings. The molecule has 2 aromatic carbocycles. The maximum Gasteiger partial charge on any atom is 0.228 e. The third-order valence-corrected chi connectivity index (χ3v) is 5.01. The second kappa shape index (κ2) is 9.33. The molecule has 5 heteroatoms. The predicted octanol–water partition coefficient (Wildman–Crippen LogP) is 2.77. The Labute approximate surface area is 161 Å². The molecule has 5 nitrogen and oxygen atoms in total. The number of hydrogen-bond donors (Lipinski definition) is 0. The Kier molecular flexibility index (Phi) is 6.60. The van der Waals surface area contributed by atoms with Crippen LogP contribution in [-0.4, -0.2) is 54.3 Å². The molecule has 0 atom stereocenters. The normalized spacial score (nSPS) is 14.8. The van der Waals surface area contributed by atoms with Gasteiger partial charge in [-0.1, -0.05) is 48.5 Å². The second-order valence-electron chi connectivity index (χ2n) is 6.90. The number of carbonyl (C=O) groups excluding carboxylic acids is 2. The molecule has 0 aromatic heterocycles. The average molecular weight is 365 g/mol. The molecule has 27 heavy (non-hydrogen) atoms. The summed E-state index contributed by atoms with van der Waals surface area (Å²) in [5, 5.41) is 0. The Morgan fingerprint density at radius 2 is 1.48 bits per heavy atom. The summed E-state index contributed by atoms with van der Waals surface area (Å²) in [4.78, 5) is 30.4. The first-order valence-electron chi connectivity index (χ1n) is 9.50. The lowest BCUT2D eigenvalue weighted by atomic mass is 10.1. The van der Waals surface area contributed by atoms with Crippen LogP contribution in [0.4, 0.5) is 5.69 Å². The van der Waals surface area contributed by atoms with Gasteiger partial charge in [0.25, 0.3) is 0 Å². The highest BCUT2D eigenvalue weighted by molar-refractivity contribution is 5.93. The van der Waals surface area contributed by atoms with Gasteiger partial charge in [0, 0.05) is 51.8 Å². The maximum absolute atomic E-state index is 13.0. The van der Waals surface area contributed by atoms with Gasteiger partial charge in [-0.05, 0) is 17.7 Å². The Bertz CT molecular complexity index is 741. The van der Waals surface area contributed by atoms with Crippen LogP contribution in [0.25, 0.3) is 0 Å². The molecule has 1 aliphatic heterocycles. The number of amides is 2. The summed E-state index contributed by atoms with van der Waals surface area (Å²) in [6.07, 6.45) is 0.474. The van der Waals surface area contributed by atoms with Crippen molar-refractivity contribution in [3.63, 3.8) is 0 Å². The molecule has 1 saturated heterocycles. The quantitative estimate of drug-likeness (QED) is 0.791. The lowest BCUT2D eigenvalue weighted by molar-refractivity contribution is -0.130. The van der Waals surface area contributed by atoms with Gasteiger partial charge >= 0.3 is 0 Å². The number of anilines is 1. The molecule has 2 amide bonds. The number of rotatable bonds is 6. The summed E-state index contributed by atoms with van der Waals surface area (Å²) in [5.74, 6) is 0.253. The van der Waals surface area contributed by atoms with Crippen molar-refractivity contribution in [2.24, 2.45) is 0 Å². The fourth-order valence-electron chi connectivity index (χ4n) is 3.37. The highest BCUT2D eigenvalue weighted by Gasteiger charge is 2.21. The lowest BCUT2D eigenvalue weighted by Gasteiger charge is -2.34. The van der Waals surface area contributed by atoms with Crippen molar-refractivity contribution in [3.8, 4) is 0 Å². The van der Waals surface area contributed by atoms with E-state index in [1.54, 1.807) is 6.92 Å². The Morgan fingerprint density at radius 1 is 0.889 bits per heavy atom. The molecule has 0 aliphatic carbocycles. The predicted molar refractivity (Wildman–Crippen MR) is 107 cm³/mol. The van der Waals surface area contributed by atoms with Crippen LogP contribution in [0, 0.1) is 0 Å². The van der Waals surface area contributed by atoms with E-state index in [4.69, 9.17) is 0 Å². The molecular formula is C22H27N3O2. The van der Waals surface area contributed by atoms with E-state index in [2.05, 4.69) is 4.90 Å². The molecule has 0 spiro atoms. The van der Waals surface area contributed by atoms with Gasteiger partial charge < -0.3 is 9.80 Å². The third-order valence-electron chi connectivity index (χ3n) is 5.01. The van der Waals surface area contributed by atoms with Gasteiger partial charge in [0.05, 0.1) is 6.54 Å². The highest BCUT2D eigenvalue weighted by atomic mass is 16.2. The van der Waals surface area contributed by atoms with Crippen LogP contribution < -0.4 is 4.90 Å². The number of para-hydroxylation sites is 1. The first-order chi connectivity index (χ1) is 13.1. The lowest BCUT2D eigenvalue weighted by Crippen LogP contribution is -2.48. The van der Waals surface area contributed by atoms with E-state index >= 15 is 0 Å². The number of piperazine rings is 1. The van der Waals surface area contributed by atoms with Crippen molar-refractivity contribution >= 4 is 17.5 Å². The summed E-state index contributed by atoms with van der Waals surface area (Å²) in [6, 6.07) is 19.9. The molecule has 1 heterocycles. The van der Waals surface area contributed by atoms with Gasteiger partial charge in [-0.3, -0.25) is 14.5 Å². The van der Waals surface area contributed by atoms with Crippen molar-refractivity contribution < 1.29 is 9.59 Å². The molecule has 0 unspecified atom stereocenters. The zero-order chi connectivity index (χ0) is 19.1. The maximum atomic E-state index is 13.0. The Balaban J connectivity index is 1.61. The summed E-state index contributed by atoms with van der Waals surface area (Å²) < 4.78 is 0. The van der Waals surface area contributed by atoms with Crippen LogP contribution in [0.1, 0.15) is 18.9 Å². The molecule has 142 valence electrons. The van der Waals surface area contributed by atoms with Gasteiger partial charge in [0.15, 0.2) is 0 Å². The minimum absolute atomic E-state index is 0.124. The van der Waals surface area contributed by atoms with Crippen LogP contribution in [0.3, 0.4) is 0 Å². The molecule has 0 saturated carbocycles. The smallest absolute Gasteiger partial charge is 0.228 e. The Hall–Kier alpha value is -2.66. The van der Waals surface area contributed by atoms with Crippen molar-refractivity contribution in [2.45, 2.75) is 19.9 Å². The molecule has 0 N–H and O–H groups in total. The fourth-order valence-corrected chi connectivity index (χ4v) is 3.37. The third kappa shape index (κ3) is 5.41. The minimum atomic E-state index is 0.124. The van der Waals surface area contributed by atoms with Crippen molar-refractivity contribution in [3.05, 3.63) is 66.2 Å². The molecule has 0 radical (unpaired) electrons. The van der Waals surface area contributed by atoms with Gasteiger partial charge in [-0.15, -0.1) is 0 Å². The van der Waals surface area contributed by atoms with E-state index in [1.165, 1.54) is 0 Å². The summed E-state index contributed by atoms with van der Waals surface area (Å²) in [5.41, 5.74) is 2.04. The fraction of sp³-hybridized carbons (Fsp3) is 0.364. The van der Waals surface area contributed by atoms with E-state index < -0.39 is 0 Å². The van der Waals surface area contributed by atoms with Gasteiger partial charge in [-0.2, -0.15) is 0 Å².